The Labute approximate surface area is 91.3 Å². The molecule has 2 aromatic heterocycles. The van der Waals surface area contributed by atoms with Crippen LogP contribution in [0.2, 0.25) is 5.15 Å². The lowest BCUT2D eigenvalue weighted by Crippen LogP contribution is -1.92. The van der Waals surface area contributed by atoms with E-state index in [2.05, 4.69) is 9.97 Å². The molecule has 0 radical (unpaired) electrons. The lowest BCUT2D eigenvalue weighted by molar-refractivity contribution is 1.18. The van der Waals surface area contributed by atoms with Crippen LogP contribution in [0, 0.1) is 6.92 Å². The van der Waals surface area contributed by atoms with Crippen molar-refractivity contribution in [3.05, 3.63) is 41.4 Å². The molecule has 0 bridgehead atoms. The number of hydrogen-bond donors (Lipinski definition) is 0. The van der Waals surface area contributed by atoms with Crippen LogP contribution in [0.1, 0.15) is 5.56 Å². The number of rotatable bonds is 0. The maximum atomic E-state index is 6.08. The Morgan fingerprint density at radius 3 is 3.00 bits per heavy atom. The van der Waals surface area contributed by atoms with Crippen molar-refractivity contribution in [1.82, 2.24) is 14.4 Å². The zero-order valence-electron chi connectivity index (χ0n) is 8.11. The van der Waals surface area contributed by atoms with Crippen LogP contribution in [0.5, 0.6) is 0 Å². The number of hydrogen-bond acceptors (Lipinski definition) is 2. The molecule has 4 heteroatoms. The Morgan fingerprint density at radius 2 is 2.13 bits per heavy atom. The molecule has 0 saturated carbocycles. The molecule has 0 aliphatic heterocycles. The number of fused-ring (bicyclic) bond motifs is 3. The second-order valence-corrected chi connectivity index (χ2v) is 3.85. The van der Waals surface area contributed by atoms with Gasteiger partial charge in [0.15, 0.2) is 5.15 Å². The number of aromatic nitrogens is 3. The predicted molar refractivity (Wildman–Crippen MR) is 60.2 cm³/mol. The summed E-state index contributed by atoms with van der Waals surface area (Å²) < 4.78 is 1.96. The summed E-state index contributed by atoms with van der Waals surface area (Å²) in [5.41, 5.74) is 3.92. The van der Waals surface area contributed by atoms with E-state index < -0.39 is 0 Å². The van der Waals surface area contributed by atoms with Gasteiger partial charge in [-0.25, -0.2) is 9.97 Å². The number of aryl methyl sites for hydroxylation is 1. The molecule has 0 N–H and O–H groups in total. The first-order valence-corrected chi connectivity index (χ1v) is 5.02. The maximum absolute atomic E-state index is 6.08. The topological polar surface area (TPSA) is 30.2 Å². The number of nitrogens with zero attached hydrogens (tertiary/aromatic N) is 3. The fraction of sp³-hybridized carbons (Fsp3) is 0.0909. The van der Waals surface area contributed by atoms with Crippen molar-refractivity contribution >= 4 is 28.2 Å². The first kappa shape index (κ1) is 8.68. The average molecular weight is 218 g/mol. The molecule has 15 heavy (non-hydrogen) atoms. The minimum atomic E-state index is 0.495. The molecule has 2 heterocycles. The van der Waals surface area contributed by atoms with Gasteiger partial charge in [-0.15, -0.1) is 0 Å². The van der Waals surface area contributed by atoms with Gasteiger partial charge in [0.2, 0.25) is 0 Å². The van der Waals surface area contributed by atoms with Crippen molar-refractivity contribution in [3.8, 4) is 0 Å². The van der Waals surface area contributed by atoms with Crippen LogP contribution < -0.4 is 0 Å². The number of imidazole rings is 1. The molecule has 74 valence electrons. The molecule has 0 amide bonds. The van der Waals surface area contributed by atoms with Crippen LogP contribution in [0.4, 0.5) is 0 Å². The minimum absolute atomic E-state index is 0.495. The maximum Gasteiger partial charge on any atom is 0.155 e. The summed E-state index contributed by atoms with van der Waals surface area (Å²) >= 11 is 6.08. The second-order valence-electron chi connectivity index (χ2n) is 3.49. The molecule has 0 atom stereocenters. The molecule has 0 aliphatic rings. The Balaban J connectivity index is 2.66. The minimum Gasteiger partial charge on any atom is -0.294 e. The summed E-state index contributed by atoms with van der Waals surface area (Å²) in [4.78, 5) is 8.46. The monoisotopic (exact) mass is 217 g/mol. The Morgan fingerprint density at radius 1 is 1.27 bits per heavy atom. The average Bonchev–Trinajstić information content (AvgIpc) is 2.69. The van der Waals surface area contributed by atoms with Crippen LogP contribution in [0.25, 0.3) is 16.6 Å². The zero-order chi connectivity index (χ0) is 10.4. The van der Waals surface area contributed by atoms with Gasteiger partial charge in [-0.05, 0) is 18.6 Å². The molecule has 0 aliphatic carbocycles. The van der Waals surface area contributed by atoms with Gasteiger partial charge in [-0.1, -0.05) is 23.7 Å². The van der Waals surface area contributed by atoms with E-state index in [1.165, 1.54) is 0 Å². The molecule has 0 fully saturated rings. The van der Waals surface area contributed by atoms with Gasteiger partial charge in [-0.3, -0.25) is 4.40 Å². The third-order valence-corrected chi connectivity index (χ3v) is 2.81. The van der Waals surface area contributed by atoms with Crippen LogP contribution in [0.3, 0.4) is 0 Å². The highest BCUT2D eigenvalue weighted by molar-refractivity contribution is 6.33. The third-order valence-electron chi connectivity index (χ3n) is 2.54. The predicted octanol–water partition coefficient (Wildman–Crippen LogP) is 2.84. The number of para-hydroxylation sites is 1. The van der Waals surface area contributed by atoms with Crippen molar-refractivity contribution in [2.75, 3.05) is 0 Å². The second kappa shape index (κ2) is 2.94. The molecule has 0 saturated heterocycles. The summed E-state index contributed by atoms with van der Waals surface area (Å²) in [6, 6.07) is 6.04. The highest BCUT2D eigenvalue weighted by Gasteiger charge is 2.07. The molecule has 3 rings (SSSR count). The standard InChI is InChI=1S/C11H8ClN3/c1-7-3-2-4-8-10(7)14-11(12)9-5-13-6-15(8)9/h2-6H,1H3. The highest BCUT2D eigenvalue weighted by atomic mass is 35.5. The fourth-order valence-corrected chi connectivity index (χ4v) is 2.00. The molecule has 3 nitrogen and oxygen atoms in total. The number of benzene rings is 1. The quantitative estimate of drug-likeness (QED) is 0.580. The van der Waals surface area contributed by atoms with Crippen molar-refractivity contribution < 1.29 is 0 Å². The highest BCUT2D eigenvalue weighted by Crippen LogP contribution is 2.22. The molecule has 0 unspecified atom stereocenters. The van der Waals surface area contributed by atoms with E-state index >= 15 is 0 Å². The summed E-state index contributed by atoms with van der Waals surface area (Å²) in [5, 5.41) is 0.495. The van der Waals surface area contributed by atoms with Crippen molar-refractivity contribution in [2.24, 2.45) is 0 Å². The smallest absolute Gasteiger partial charge is 0.155 e. The molecule has 1 aromatic carbocycles. The van der Waals surface area contributed by atoms with E-state index in [9.17, 15) is 0 Å². The van der Waals surface area contributed by atoms with E-state index in [1.54, 1.807) is 12.5 Å². The van der Waals surface area contributed by atoms with E-state index in [0.29, 0.717) is 5.15 Å². The van der Waals surface area contributed by atoms with Gasteiger partial charge in [0.1, 0.15) is 5.52 Å². The van der Waals surface area contributed by atoms with Crippen molar-refractivity contribution in [3.63, 3.8) is 0 Å². The summed E-state index contributed by atoms with van der Waals surface area (Å²) in [5.74, 6) is 0. The van der Waals surface area contributed by atoms with E-state index in [0.717, 1.165) is 22.1 Å². The van der Waals surface area contributed by atoms with E-state index in [4.69, 9.17) is 11.6 Å². The van der Waals surface area contributed by atoms with E-state index in [-0.39, 0.29) is 0 Å². The normalized spacial score (nSPS) is 11.3. The summed E-state index contributed by atoms with van der Waals surface area (Å²) in [6.45, 7) is 2.02. The van der Waals surface area contributed by atoms with E-state index in [1.807, 2.05) is 29.5 Å². The third kappa shape index (κ3) is 1.13. The molecule has 0 spiro atoms. The van der Waals surface area contributed by atoms with Crippen molar-refractivity contribution in [1.29, 1.82) is 0 Å². The fourth-order valence-electron chi connectivity index (χ4n) is 1.78. The SMILES string of the molecule is Cc1cccc2c1nc(Cl)c1cncn12. The first-order chi connectivity index (χ1) is 7.27. The van der Waals surface area contributed by atoms with Crippen LogP contribution >= 0.6 is 11.6 Å². The lowest BCUT2D eigenvalue weighted by atomic mass is 10.2. The van der Waals surface area contributed by atoms with Gasteiger partial charge < -0.3 is 0 Å². The number of halogens is 1. The van der Waals surface area contributed by atoms with Gasteiger partial charge in [0.25, 0.3) is 0 Å². The van der Waals surface area contributed by atoms with Crippen molar-refractivity contribution in [2.45, 2.75) is 6.92 Å². The molecule has 3 aromatic rings. The Hall–Kier alpha value is -1.61. The lowest BCUT2D eigenvalue weighted by Gasteiger charge is -2.05. The molecular formula is C11H8ClN3. The largest absolute Gasteiger partial charge is 0.294 e. The van der Waals surface area contributed by atoms with Gasteiger partial charge in [0.05, 0.1) is 23.6 Å². The zero-order valence-corrected chi connectivity index (χ0v) is 8.86. The van der Waals surface area contributed by atoms with Gasteiger partial charge in [-0.2, -0.15) is 0 Å². The Kier molecular flexibility index (Phi) is 1.70. The van der Waals surface area contributed by atoms with Gasteiger partial charge >= 0.3 is 0 Å². The Bertz CT molecular complexity index is 657. The van der Waals surface area contributed by atoms with Crippen LogP contribution in [-0.2, 0) is 0 Å². The van der Waals surface area contributed by atoms with Gasteiger partial charge in [0, 0.05) is 0 Å². The van der Waals surface area contributed by atoms with Crippen LogP contribution in [-0.4, -0.2) is 14.4 Å². The summed E-state index contributed by atoms with van der Waals surface area (Å²) in [7, 11) is 0. The first-order valence-electron chi connectivity index (χ1n) is 4.64. The molecular weight excluding hydrogens is 210 g/mol. The van der Waals surface area contributed by atoms with Crippen LogP contribution in [0.15, 0.2) is 30.7 Å². The summed E-state index contributed by atoms with van der Waals surface area (Å²) in [6.07, 6.45) is 3.47.